The van der Waals surface area contributed by atoms with Crippen LogP contribution >= 0.6 is 12.9 Å². The van der Waals surface area contributed by atoms with Crippen molar-refractivity contribution in [2.75, 3.05) is 17.2 Å². The summed E-state index contributed by atoms with van der Waals surface area (Å²) in [5.41, 5.74) is 4.37. The van der Waals surface area contributed by atoms with Crippen LogP contribution in [0.2, 0.25) is 0 Å². The number of anilines is 2. The van der Waals surface area contributed by atoms with Gasteiger partial charge in [0.05, 0.1) is 0 Å². The van der Waals surface area contributed by atoms with Crippen molar-refractivity contribution in [1.29, 1.82) is 0 Å². The minimum absolute atomic E-state index is 0.0147. The van der Waals surface area contributed by atoms with E-state index in [4.69, 9.17) is 9.66 Å². The molecule has 0 heterocycles. The van der Waals surface area contributed by atoms with Crippen LogP contribution in [0.3, 0.4) is 0 Å². The standard InChI is InChI=1S/C21H19N3O3.H2OS/c25-13-12-16-4-1-2-7-20(16)23-21(26)22-19-6-3-5-17(14-19)15-8-10-18(24-27)11-9-15;1-2/h1-11,14,25H,12-13H2,(H2,22,23,26);1-2H. The molecule has 29 heavy (non-hydrogen) atoms. The number of nitrogens with zero attached hydrogens (tertiary/aromatic N) is 1. The molecule has 0 aromatic heterocycles. The first-order chi connectivity index (χ1) is 14.2. The van der Waals surface area contributed by atoms with E-state index in [1.165, 1.54) is 0 Å². The number of hydrogen-bond acceptors (Lipinski definition) is 6. The molecule has 0 aliphatic heterocycles. The molecule has 0 radical (unpaired) electrons. The molecule has 8 heteroatoms. The van der Waals surface area contributed by atoms with Gasteiger partial charge in [-0.25, -0.2) is 4.79 Å². The number of urea groups is 1. The lowest BCUT2D eigenvalue weighted by Gasteiger charge is -2.12. The van der Waals surface area contributed by atoms with Gasteiger partial charge in [0.25, 0.3) is 0 Å². The van der Waals surface area contributed by atoms with E-state index in [0.29, 0.717) is 23.5 Å². The lowest BCUT2D eigenvalue weighted by Crippen LogP contribution is -2.20. The van der Waals surface area contributed by atoms with E-state index in [2.05, 4.69) is 28.7 Å². The molecule has 2 amide bonds. The van der Waals surface area contributed by atoms with Crippen LogP contribution in [0.15, 0.2) is 78.0 Å². The predicted octanol–water partition coefficient (Wildman–Crippen LogP) is 5.32. The maximum absolute atomic E-state index is 12.3. The van der Waals surface area contributed by atoms with Gasteiger partial charge in [0, 0.05) is 18.0 Å². The SMILES string of the molecule is O=Nc1ccc(-c2cccc(NC(=O)Nc3ccccc3CCO)c2)cc1.OS. The first-order valence-corrected chi connectivity index (χ1v) is 9.10. The molecule has 3 rings (SSSR count). The lowest BCUT2D eigenvalue weighted by molar-refractivity contribution is 0.262. The summed E-state index contributed by atoms with van der Waals surface area (Å²) in [4.78, 5) is 22.9. The molecule has 4 N–H and O–H groups in total. The second-order valence-electron chi connectivity index (χ2n) is 5.93. The summed E-state index contributed by atoms with van der Waals surface area (Å²) in [6.45, 7) is 0.0147. The number of aliphatic hydroxyl groups excluding tert-OH is 1. The molecule has 0 fully saturated rings. The number of amides is 2. The van der Waals surface area contributed by atoms with E-state index in [0.717, 1.165) is 16.7 Å². The summed E-state index contributed by atoms with van der Waals surface area (Å²) >= 11 is 2.53. The minimum Gasteiger partial charge on any atom is -0.396 e. The zero-order chi connectivity index (χ0) is 21.1. The van der Waals surface area contributed by atoms with Crippen molar-refractivity contribution in [3.8, 4) is 11.1 Å². The second kappa shape index (κ2) is 11.6. The summed E-state index contributed by atoms with van der Waals surface area (Å²) in [5, 5.41) is 17.6. The smallest absolute Gasteiger partial charge is 0.323 e. The number of aliphatic hydroxyl groups is 1. The molecule has 150 valence electrons. The highest BCUT2D eigenvalue weighted by molar-refractivity contribution is 7.74. The summed E-state index contributed by atoms with van der Waals surface area (Å²) in [7, 11) is 0. The molecular weight excluding hydrogens is 390 g/mol. The number of rotatable bonds is 6. The van der Waals surface area contributed by atoms with E-state index in [-0.39, 0.29) is 12.6 Å². The molecule has 3 aromatic carbocycles. The molecule has 0 aliphatic carbocycles. The van der Waals surface area contributed by atoms with E-state index in [1.807, 2.05) is 36.4 Å². The second-order valence-corrected chi connectivity index (χ2v) is 5.93. The fourth-order valence-electron chi connectivity index (χ4n) is 2.76. The highest BCUT2D eigenvalue weighted by Gasteiger charge is 2.07. The first-order valence-electron chi connectivity index (χ1n) is 8.70. The third-order valence-electron chi connectivity index (χ3n) is 4.07. The van der Waals surface area contributed by atoms with E-state index in [9.17, 15) is 9.70 Å². The highest BCUT2D eigenvalue weighted by atomic mass is 32.1. The van der Waals surface area contributed by atoms with Crippen molar-refractivity contribution >= 4 is 36.0 Å². The first kappa shape index (κ1) is 22.1. The maximum Gasteiger partial charge on any atom is 0.323 e. The van der Waals surface area contributed by atoms with Crippen LogP contribution in [0.4, 0.5) is 21.9 Å². The molecule has 0 bridgehead atoms. The molecule has 7 nitrogen and oxygen atoms in total. The molecule has 0 unspecified atom stereocenters. The Labute approximate surface area is 174 Å². The van der Waals surface area contributed by atoms with E-state index < -0.39 is 0 Å². The summed E-state index contributed by atoms with van der Waals surface area (Å²) in [6.07, 6.45) is 0.470. The maximum atomic E-state index is 12.3. The Kier molecular flexibility index (Phi) is 8.84. The van der Waals surface area contributed by atoms with Crippen molar-refractivity contribution in [2.24, 2.45) is 5.18 Å². The van der Waals surface area contributed by atoms with Crippen LogP contribution in [0.1, 0.15) is 5.56 Å². The zero-order valence-corrected chi connectivity index (χ0v) is 16.3. The quantitative estimate of drug-likeness (QED) is 0.215. The Balaban J connectivity index is 0.00000145. The number of benzene rings is 3. The van der Waals surface area contributed by atoms with Gasteiger partial charge in [-0.3, -0.25) is 0 Å². The van der Waals surface area contributed by atoms with Gasteiger partial charge in [-0.15, -0.1) is 4.91 Å². The topological polar surface area (TPSA) is 111 Å². The van der Waals surface area contributed by atoms with Gasteiger partial charge in [0.15, 0.2) is 0 Å². The minimum atomic E-state index is -0.363. The number of carbonyl (C=O) groups excluding carboxylic acids is 1. The van der Waals surface area contributed by atoms with Gasteiger partial charge in [0.1, 0.15) is 5.69 Å². The Hall–Kier alpha value is -3.20. The van der Waals surface area contributed by atoms with Crippen molar-refractivity contribution in [2.45, 2.75) is 6.42 Å². The van der Waals surface area contributed by atoms with Crippen LogP contribution in [0.25, 0.3) is 11.1 Å². The molecule has 0 saturated heterocycles. The number of para-hydroxylation sites is 1. The van der Waals surface area contributed by atoms with Crippen LogP contribution < -0.4 is 10.6 Å². The average Bonchev–Trinajstić information content (AvgIpc) is 2.77. The van der Waals surface area contributed by atoms with Crippen LogP contribution in [0, 0.1) is 4.91 Å². The highest BCUT2D eigenvalue weighted by Crippen LogP contribution is 2.25. The van der Waals surface area contributed by atoms with Crippen LogP contribution in [0.5, 0.6) is 0 Å². The fraction of sp³-hybridized carbons (Fsp3) is 0.0952. The molecule has 0 saturated carbocycles. The monoisotopic (exact) mass is 411 g/mol. The van der Waals surface area contributed by atoms with E-state index in [1.54, 1.807) is 36.4 Å². The fourth-order valence-corrected chi connectivity index (χ4v) is 2.76. The molecule has 3 aromatic rings. The van der Waals surface area contributed by atoms with E-state index >= 15 is 0 Å². The third-order valence-corrected chi connectivity index (χ3v) is 4.07. The normalized spacial score (nSPS) is 9.76. The number of thiol groups is 1. The summed E-state index contributed by atoms with van der Waals surface area (Å²) < 4.78 is 6.69. The van der Waals surface area contributed by atoms with Gasteiger partial charge in [-0.2, -0.15) is 0 Å². The Morgan fingerprint density at radius 3 is 2.31 bits per heavy atom. The molecule has 0 spiro atoms. The van der Waals surface area contributed by atoms with Gasteiger partial charge < -0.3 is 20.3 Å². The Morgan fingerprint density at radius 2 is 1.62 bits per heavy atom. The lowest BCUT2D eigenvalue weighted by atomic mass is 10.0. The van der Waals surface area contributed by atoms with Crippen molar-refractivity contribution in [3.63, 3.8) is 0 Å². The molecular formula is C21H21N3O4S. The van der Waals surface area contributed by atoms with Crippen LogP contribution in [-0.2, 0) is 6.42 Å². The van der Waals surface area contributed by atoms with Crippen LogP contribution in [-0.4, -0.2) is 22.3 Å². The Morgan fingerprint density at radius 1 is 0.897 bits per heavy atom. The van der Waals surface area contributed by atoms with Gasteiger partial charge >= 0.3 is 6.03 Å². The third kappa shape index (κ3) is 6.42. The average molecular weight is 411 g/mol. The van der Waals surface area contributed by atoms with Crippen molar-refractivity contribution < 1.29 is 14.5 Å². The Bertz CT molecular complexity index is 949. The van der Waals surface area contributed by atoms with Crippen molar-refractivity contribution in [1.82, 2.24) is 0 Å². The summed E-state index contributed by atoms with van der Waals surface area (Å²) in [6, 6.07) is 21.3. The molecule has 0 atom stereocenters. The number of nitrogens with one attached hydrogen (secondary N) is 2. The largest absolute Gasteiger partial charge is 0.396 e. The van der Waals surface area contributed by atoms with Gasteiger partial charge in [0.2, 0.25) is 0 Å². The van der Waals surface area contributed by atoms with Gasteiger partial charge in [-0.05, 0) is 71.5 Å². The number of carbonyl (C=O) groups is 1. The number of hydrogen-bond donors (Lipinski definition) is 5. The summed E-state index contributed by atoms with van der Waals surface area (Å²) in [5.74, 6) is 0. The predicted molar refractivity (Wildman–Crippen MR) is 119 cm³/mol. The number of nitroso groups, excluding NO2 is 1. The zero-order valence-electron chi connectivity index (χ0n) is 15.4. The molecule has 0 aliphatic rings. The van der Waals surface area contributed by atoms with Crippen molar-refractivity contribution in [3.05, 3.63) is 83.3 Å². The van der Waals surface area contributed by atoms with Gasteiger partial charge in [-0.1, -0.05) is 42.5 Å².